The number of hydrogen-bond donors (Lipinski definition) is 0. The van der Waals surface area contributed by atoms with Gasteiger partial charge in [-0.15, -0.1) is 0 Å². The van der Waals surface area contributed by atoms with E-state index in [4.69, 9.17) is 0 Å². The topological polar surface area (TPSA) is 0 Å². The summed E-state index contributed by atoms with van der Waals surface area (Å²) in [7, 11) is 0. The molecular formula is C7H9BrF2. The van der Waals surface area contributed by atoms with Crippen molar-refractivity contribution in [3.63, 3.8) is 0 Å². The largest absolute Gasteiger partial charge is 0.254 e. The molecule has 3 heteroatoms. The molecule has 58 valence electrons. The maximum absolute atomic E-state index is 12.5. The van der Waals surface area contributed by atoms with Gasteiger partial charge in [-0.2, -0.15) is 0 Å². The van der Waals surface area contributed by atoms with Crippen molar-refractivity contribution in [1.82, 2.24) is 0 Å². The summed E-state index contributed by atoms with van der Waals surface area (Å²) in [6.45, 7) is 0. The quantitative estimate of drug-likeness (QED) is 0.585. The van der Waals surface area contributed by atoms with Gasteiger partial charge >= 0.3 is 0 Å². The van der Waals surface area contributed by atoms with Crippen LogP contribution < -0.4 is 0 Å². The Morgan fingerprint density at radius 2 is 1.80 bits per heavy atom. The highest BCUT2D eigenvalue weighted by molar-refractivity contribution is 9.09. The minimum atomic E-state index is -2.28. The molecule has 10 heavy (non-hydrogen) atoms. The molecule has 0 aliphatic heterocycles. The van der Waals surface area contributed by atoms with E-state index in [9.17, 15) is 8.78 Å². The minimum Gasteiger partial charge on any atom is -0.206 e. The van der Waals surface area contributed by atoms with Crippen LogP contribution in [0.15, 0.2) is 0 Å². The Bertz CT molecular complexity index is 144. The molecule has 0 amide bonds. The average Bonchev–Trinajstić information content (AvgIpc) is 2.37. The molecule has 0 unspecified atom stereocenters. The fraction of sp³-hybridized carbons (Fsp3) is 1.00. The van der Waals surface area contributed by atoms with Crippen LogP contribution >= 0.6 is 15.9 Å². The van der Waals surface area contributed by atoms with E-state index >= 15 is 0 Å². The summed E-state index contributed by atoms with van der Waals surface area (Å²) in [6, 6.07) is 0. The van der Waals surface area contributed by atoms with Crippen molar-refractivity contribution < 1.29 is 8.78 Å². The van der Waals surface area contributed by atoms with Crippen LogP contribution in [0, 0.1) is 17.8 Å². The van der Waals surface area contributed by atoms with E-state index in [1.54, 1.807) is 0 Å². The zero-order valence-corrected chi connectivity index (χ0v) is 7.07. The predicted molar refractivity (Wildman–Crippen MR) is 38.4 cm³/mol. The molecule has 2 atom stereocenters. The zero-order valence-electron chi connectivity index (χ0n) is 5.49. The number of halogens is 3. The molecule has 0 saturated heterocycles. The Kier molecular flexibility index (Phi) is 1.35. The third-order valence-electron chi connectivity index (χ3n) is 2.76. The molecule has 2 fully saturated rings. The summed E-state index contributed by atoms with van der Waals surface area (Å²) in [5, 5.41) is 0.899. The first kappa shape index (κ1) is 7.01. The van der Waals surface area contributed by atoms with E-state index in [0.29, 0.717) is 5.92 Å². The van der Waals surface area contributed by atoms with Gasteiger partial charge in [0.25, 0.3) is 5.92 Å². The van der Waals surface area contributed by atoms with Crippen LogP contribution in [-0.2, 0) is 0 Å². The first-order chi connectivity index (χ1) is 4.66. The Hall–Kier alpha value is 0.340. The lowest BCUT2D eigenvalue weighted by Gasteiger charge is -2.09. The molecule has 0 bridgehead atoms. The molecule has 2 aliphatic rings. The van der Waals surface area contributed by atoms with E-state index in [0.717, 1.165) is 18.2 Å². The van der Waals surface area contributed by atoms with Crippen molar-refractivity contribution in [1.29, 1.82) is 0 Å². The van der Waals surface area contributed by atoms with Crippen LogP contribution in [0.4, 0.5) is 8.78 Å². The maximum Gasteiger partial charge on any atom is 0.254 e. The van der Waals surface area contributed by atoms with E-state index in [1.165, 1.54) is 0 Å². The first-order valence-electron chi connectivity index (χ1n) is 3.60. The van der Waals surface area contributed by atoms with Crippen LogP contribution in [-0.4, -0.2) is 11.3 Å². The van der Waals surface area contributed by atoms with Crippen LogP contribution in [0.3, 0.4) is 0 Å². The monoisotopic (exact) mass is 210 g/mol. The van der Waals surface area contributed by atoms with Crippen molar-refractivity contribution in [2.45, 2.75) is 18.8 Å². The molecule has 0 N–H and O–H groups in total. The highest BCUT2D eigenvalue weighted by atomic mass is 79.9. The number of rotatable bonds is 1. The van der Waals surface area contributed by atoms with E-state index in [-0.39, 0.29) is 11.8 Å². The Balaban J connectivity index is 1.96. The van der Waals surface area contributed by atoms with E-state index in [1.807, 2.05) is 0 Å². The molecular weight excluding hydrogens is 202 g/mol. The van der Waals surface area contributed by atoms with Crippen LogP contribution in [0.2, 0.25) is 0 Å². The zero-order chi connectivity index (χ0) is 7.35. The van der Waals surface area contributed by atoms with Gasteiger partial charge in [0.05, 0.1) is 0 Å². The highest BCUT2D eigenvalue weighted by Gasteiger charge is 2.71. The van der Waals surface area contributed by atoms with Crippen molar-refractivity contribution in [2.24, 2.45) is 17.8 Å². The summed E-state index contributed by atoms with van der Waals surface area (Å²) >= 11 is 3.32. The molecule has 2 rings (SSSR count). The number of hydrogen-bond acceptors (Lipinski definition) is 0. The van der Waals surface area contributed by atoms with Crippen molar-refractivity contribution in [3.8, 4) is 0 Å². The van der Waals surface area contributed by atoms with Crippen molar-refractivity contribution >= 4 is 15.9 Å². The molecule has 0 aromatic rings. The Morgan fingerprint density at radius 3 is 2.20 bits per heavy atom. The number of fused-ring (bicyclic) bond motifs is 1. The third-order valence-corrected chi connectivity index (χ3v) is 3.67. The van der Waals surface area contributed by atoms with Crippen LogP contribution in [0.1, 0.15) is 12.8 Å². The SMILES string of the molecule is FC1(F)[C@@H]2CC(CBr)C[C@H]21. The smallest absolute Gasteiger partial charge is 0.206 e. The number of alkyl halides is 3. The molecule has 2 saturated carbocycles. The highest BCUT2D eigenvalue weighted by Crippen LogP contribution is 2.65. The second-order valence-corrected chi connectivity index (χ2v) is 4.03. The van der Waals surface area contributed by atoms with Gasteiger partial charge in [0.15, 0.2) is 0 Å². The normalized spacial score (nSPS) is 43.5. The second-order valence-electron chi connectivity index (χ2n) is 3.38. The lowest BCUT2D eigenvalue weighted by molar-refractivity contribution is 0.0659. The van der Waals surface area contributed by atoms with Gasteiger partial charge in [0.1, 0.15) is 0 Å². The van der Waals surface area contributed by atoms with Gasteiger partial charge in [-0.25, -0.2) is 8.78 Å². The molecule has 2 aliphatic carbocycles. The summed E-state index contributed by atoms with van der Waals surface area (Å²) in [4.78, 5) is 0. The molecule has 0 radical (unpaired) electrons. The summed E-state index contributed by atoms with van der Waals surface area (Å²) in [5.41, 5.74) is 0. The standard InChI is InChI=1S/C7H9BrF2/c8-3-4-1-5-6(2-4)7(5,9)10/h4-6H,1-3H2/t5-,6-/m1/s1. The summed E-state index contributed by atoms with van der Waals surface area (Å²) in [6.07, 6.45) is 1.48. The lowest BCUT2D eigenvalue weighted by Crippen LogP contribution is -2.08. The van der Waals surface area contributed by atoms with E-state index < -0.39 is 5.92 Å². The van der Waals surface area contributed by atoms with Gasteiger partial charge < -0.3 is 0 Å². The third kappa shape index (κ3) is 0.758. The van der Waals surface area contributed by atoms with Crippen molar-refractivity contribution in [3.05, 3.63) is 0 Å². The molecule has 0 heterocycles. The van der Waals surface area contributed by atoms with Gasteiger partial charge in [-0.3, -0.25) is 0 Å². The molecule has 0 nitrogen and oxygen atoms in total. The molecule has 0 aromatic heterocycles. The Labute approximate surface area is 67.1 Å². The molecule has 0 spiro atoms. The van der Waals surface area contributed by atoms with Gasteiger partial charge in [0.2, 0.25) is 0 Å². The van der Waals surface area contributed by atoms with Gasteiger partial charge in [-0.1, -0.05) is 15.9 Å². The summed E-state index contributed by atoms with van der Waals surface area (Å²) < 4.78 is 25.1. The van der Waals surface area contributed by atoms with Crippen LogP contribution in [0.25, 0.3) is 0 Å². The average molecular weight is 211 g/mol. The van der Waals surface area contributed by atoms with E-state index in [2.05, 4.69) is 15.9 Å². The fourth-order valence-electron chi connectivity index (χ4n) is 2.04. The molecule has 0 aromatic carbocycles. The maximum atomic E-state index is 12.5. The predicted octanol–water partition coefficient (Wildman–Crippen LogP) is 2.67. The van der Waals surface area contributed by atoms with Crippen LogP contribution in [0.5, 0.6) is 0 Å². The van der Waals surface area contributed by atoms with Crippen molar-refractivity contribution in [2.75, 3.05) is 5.33 Å². The second kappa shape index (κ2) is 1.93. The summed E-state index contributed by atoms with van der Waals surface area (Å²) in [5.74, 6) is -2.27. The Morgan fingerprint density at radius 1 is 1.30 bits per heavy atom. The fourth-order valence-corrected chi connectivity index (χ4v) is 2.57. The van der Waals surface area contributed by atoms with Gasteiger partial charge in [-0.05, 0) is 18.8 Å². The minimum absolute atomic E-state index is 0.255. The van der Waals surface area contributed by atoms with Gasteiger partial charge in [0, 0.05) is 17.2 Å². The first-order valence-corrected chi connectivity index (χ1v) is 4.72. The lowest BCUT2D eigenvalue weighted by atomic mass is 10.1.